The van der Waals surface area contributed by atoms with Crippen LogP contribution in [0.2, 0.25) is 0 Å². The number of nitrogens with zero attached hydrogens (tertiary/aromatic N) is 1. The normalized spacial score (nSPS) is 25.9. The molecule has 0 saturated heterocycles. The first-order valence-electron chi connectivity index (χ1n) is 4.13. The highest BCUT2D eigenvalue weighted by atomic mass is 79.9. The van der Waals surface area contributed by atoms with E-state index in [2.05, 4.69) is 36.9 Å². The van der Waals surface area contributed by atoms with Crippen molar-refractivity contribution in [1.29, 1.82) is 0 Å². The van der Waals surface area contributed by atoms with E-state index in [1.54, 1.807) is 6.08 Å². The van der Waals surface area contributed by atoms with Gasteiger partial charge in [0.25, 0.3) is 0 Å². The summed E-state index contributed by atoms with van der Waals surface area (Å²) in [6.45, 7) is 1.83. The first-order valence-corrected chi connectivity index (χ1v) is 5.72. The highest BCUT2D eigenvalue weighted by molar-refractivity contribution is 9.12. The Kier molecular flexibility index (Phi) is 2.58. The van der Waals surface area contributed by atoms with Gasteiger partial charge in [0.15, 0.2) is 5.78 Å². The van der Waals surface area contributed by atoms with Gasteiger partial charge in [-0.25, -0.2) is 0 Å². The highest BCUT2D eigenvalue weighted by Crippen LogP contribution is 2.31. The molecule has 1 aliphatic heterocycles. The van der Waals surface area contributed by atoms with Crippen LogP contribution in [-0.2, 0) is 4.79 Å². The summed E-state index contributed by atoms with van der Waals surface area (Å²) in [5, 5.41) is 0. The van der Waals surface area contributed by atoms with Gasteiger partial charge in [-0.3, -0.25) is 9.79 Å². The van der Waals surface area contributed by atoms with Gasteiger partial charge in [0.2, 0.25) is 0 Å². The number of hydrogen-bond acceptors (Lipinski definition) is 2. The first kappa shape index (κ1) is 10.1. The van der Waals surface area contributed by atoms with Gasteiger partial charge in [0, 0.05) is 20.7 Å². The molecular weight excluding hydrogens is 310 g/mol. The Labute approximate surface area is 98.7 Å². The second-order valence-corrected chi connectivity index (χ2v) is 4.98. The third kappa shape index (κ3) is 1.68. The molecule has 0 aromatic rings. The fourth-order valence-corrected chi connectivity index (χ4v) is 2.87. The van der Waals surface area contributed by atoms with Crippen LogP contribution in [0.4, 0.5) is 0 Å². The maximum absolute atomic E-state index is 11.7. The Bertz CT molecular complexity index is 429. The Morgan fingerprint density at radius 1 is 1.36 bits per heavy atom. The number of allylic oxidation sites excluding steroid dienone is 6. The second-order valence-electron chi connectivity index (χ2n) is 3.21. The summed E-state index contributed by atoms with van der Waals surface area (Å²) in [6.07, 6.45) is 5.35. The molecule has 2 nitrogen and oxygen atoms in total. The van der Waals surface area contributed by atoms with Crippen molar-refractivity contribution in [2.24, 2.45) is 10.9 Å². The molecule has 0 amide bonds. The summed E-state index contributed by atoms with van der Waals surface area (Å²) >= 11 is 6.77. The number of ketones is 1. The number of carbonyl (C=O) groups excluding carboxylic acids is 1. The standard InChI is InChI=1S/C10H7Br2NO/c1-5-2-9(14)7-3-6(11)4-8(12)10(7)13-5/h2-4,7H,1H3. The molecule has 4 heteroatoms. The summed E-state index contributed by atoms with van der Waals surface area (Å²) in [6, 6.07) is 0. The van der Waals surface area contributed by atoms with Crippen molar-refractivity contribution >= 4 is 43.4 Å². The molecule has 0 radical (unpaired) electrons. The van der Waals surface area contributed by atoms with E-state index in [1.807, 2.05) is 19.1 Å². The average molecular weight is 317 g/mol. The summed E-state index contributed by atoms with van der Waals surface area (Å²) in [4.78, 5) is 16.0. The molecule has 1 unspecified atom stereocenters. The molecule has 1 heterocycles. The van der Waals surface area contributed by atoms with Gasteiger partial charge < -0.3 is 0 Å². The van der Waals surface area contributed by atoms with Crippen LogP contribution in [0.3, 0.4) is 0 Å². The van der Waals surface area contributed by atoms with E-state index in [-0.39, 0.29) is 11.7 Å². The van der Waals surface area contributed by atoms with Gasteiger partial charge in [-0.2, -0.15) is 0 Å². The van der Waals surface area contributed by atoms with Crippen molar-refractivity contribution in [3.63, 3.8) is 0 Å². The lowest BCUT2D eigenvalue weighted by Crippen LogP contribution is -2.26. The smallest absolute Gasteiger partial charge is 0.170 e. The maximum Gasteiger partial charge on any atom is 0.170 e. The summed E-state index contributed by atoms with van der Waals surface area (Å²) in [7, 11) is 0. The minimum absolute atomic E-state index is 0.0921. The van der Waals surface area contributed by atoms with Gasteiger partial charge in [0.05, 0.1) is 11.6 Å². The molecule has 0 fully saturated rings. The van der Waals surface area contributed by atoms with E-state index in [0.29, 0.717) is 0 Å². The Morgan fingerprint density at radius 2 is 2.07 bits per heavy atom. The van der Waals surface area contributed by atoms with Crippen LogP contribution in [0.5, 0.6) is 0 Å². The van der Waals surface area contributed by atoms with Gasteiger partial charge in [0.1, 0.15) is 0 Å². The molecule has 0 aromatic carbocycles. The van der Waals surface area contributed by atoms with Gasteiger partial charge in [-0.15, -0.1) is 0 Å². The fraction of sp³-hybridized carbons (Fsp3) is 0.200. The van der Waals surface area contributed by atoms with Gasteiger partial charge >= 0.3 is 0 Å². The molecule has 0 spiro atoms. The minimum Gasteiger partial charge on any atom is -0.294 e. The van der Waals surface area contributed by atoms with Crippen LogP contribution >= 0.6 is 31.9 Å². The van der Waals surface area contributed by atoms with E-state index in [1.165, 1.54) is 0 Å². The van der Waals surface area contributed by atoms with E-state index in [4.69, 9.17) is 0 Å². The minimum atomic E-state index is -0.229. The Hall–Kier alpha value is -0.480. The van der Waals surface area contributed by atoms with E-state index in [0.717, 1.165) is 20.4 Å². The molecule has 0 bridgehead atoms. The fourth-order valence-electron chi connectivity index (χ4n) is 1.49. The van der Waals surface area contributed by atoms with E-state index < -0.39 is 0 Å². The van der Waals surface area contributed by atoms with Crippen LogP contribution in [0.25, 0.3) is 0 Å². The first-order chi connectivity index (χ1) is 6.58. The number of hydrogen-bond donors (Lipinski definition) is 0. The lowest BCUT2D eigenvalue weighted by atomic mass is 9.91. The molecule has 14 heavy (non-hydrogen) atoms. The van der Waals surface area contributed by atoms with E-state index >= 15 is 0 Å². The quantitative estimate of drug-likeness (QED) is 0.675. The number of aliphatic imine (C=N–C) groups is 1. The molecule has 2 rings (SSSR count). The number of halogens is 2. The SMILES string of the molecule is CC1=CC(=O)C2C=C(Br)C=C(Br)C2=N1. The van der Waals surface area contributed by atoms with Crippen molar-refractivity contribution in [3.8, 4) is 0 Å². The van der Waals surface area contributed by atoms with Crippen molar-refractivity contribution in [2.75, 3.05) is 0 Å². The monoisotopic (exact) mass is 315 g/mol. The van der Waals surface area contributed by atoms with Gasteiger partial charge in [-0.05, 0) is 28.9 Å². The summed E-state index contributed by atoms with van der Waals surface area (Å²) < 4.78 is 1.78. The zero-order chi connectivity index (χ0) is 10.3. The van der Waals surface area contributed by atoms with Crippen LogP contribution in [0.15, 0.2) is 37.9 Å². The average Bonchev–Trinajstić information content (AvgIpc) is 2.07. The predicted octanol–water partition coefficient (Wildman–Crippen LogP) is 3.10. The third-order valence-corrected chi connectivity index (χ3v) is 3.21. The van der Waals surface area contributed by atoms with Gasteiger partial charge in [-0.1, -0.05) is 22.0 Å². The largest absolute Gasteiger partial charge is 0.294 e. The van der Waals surface area contributed by atoms with E-state index in [9.17, 15) is 4.79 Å². The lowest BCUT2D eigenvalue weighted by molar-refractivity contribution is -0.115. The second kappa shape index (κ2) is 3.59. The van der Waals surface area contributed by atoms with Crippen molar-refractivity contribution in [1.82, 2.24) is 0 Å². The molecule has 0 N–H and O–H groups in total. The van der Waals surface area contributed by atoms with Crippen LogP contribution in [0.1, 0.15) is 6.92 Å². The number of fused-ring (bicyclic) bond motifs is 1. The number of rotatable bonds is 0. The molecule has 1 aliphatic carbocycles. The van der Waals surface area contributed by atoms with Crippen LogP contribution in [0, 0.1) is 5.92 Å². The summed E-state index contributed by atoms with van der Waals surface area (Å²) in [5.41, 5.74) is 1.57. The molecule has 1 atom stereocenters. The molecule has 0 aromatic heterocycles. The summed E-state index contributed by atoms with van der Waals surface area (Å²) in [5.74, 6) is -0.137. The zero-order valence-electron chi connectivity index (χ0n) is 7.42. The van der Waals surface area contributed by atoms with Crippen molar-refractivity contribution < 1.29 is 4.79 Å². The highest BCUT2D eigenvalue weighted by Gasteiger charge is 2.28. The zero-order valence-corrected chi connectivity index (χ0v) is 10.6. The Balaban J connectivity index is 2.52. The molecule has 72 valence electrons. The van der Waals surface area contributed by atoms with Crippen LogP contribution in [-0.4, -0.2) is 11.5 Å². The number of carbonyl (C=O) groups is 1. The third-order valence-electron chi connectivity index (χ3n) is 2.08. The molecule has 2 aliphatic rings. The van der Waals surface area contributed by atoms with Crippen LogP contribution < -0.4 is 0 Å². The maximum atomic E-state index is 11.7. The topological polar surface area (TPSA) is 29.4 Å². The predicted molar refractivity (Wildman–Crippen MR) is 63.7 cm³/mol. The lowest BCUT2D eigenvalue weighted by Gasteiger charge is -2.21. The molecular formula is C10H7Br2NO. The molecule has 0 saturated carbocycles. The van der Waals surface area contributed by atoms with Crippen molar-refractivity contribution in [3.05, 3.63) is 32.9 Å². The Morgan fingerprint density at radius 3 is 2.79 bits per heavy atom. The van der Waals surface area contributed by atoms with Crippen molar-refractivity contribution in [2.45, 2.75) is 6.92 Å².